The molecular weight excluding hydrogens is 384 g/mol. The Bertz CT molecular complexity index is 568. The summed E-state index contributed by atoms with van der Waals surface area (Å²) in [5, 5.41) is 18.3. The number of nitrogens with one attached hydrogen (secondary N) is 4. The first-order valence-electron chi connectivity index (χ1n) is 9.38. The van der Waals surface area contributed by atoms with E-state index in [1.165, 1.54) is 0 Å². The largest absolute Gasteiger partial charge is 0.465 e. The maximum atomic E-state index is 12.0. The topological polar surface area (TPSA) is 155 Å². The van der Waals surface area contributed by atoms with Gasteiger partial charge in [0, 0.05) is 19.1 Å². The quantitative estimate of drug-likeness (QED) is 0.356. The molecule has 0 aromatic rings. The van der Waals surface area contributed by atoms with Crippen LogP contribution in [0.3, 0.4) is 0 Å². The fourth-order valence-electron chi connectivity index (χ4n) is 2.01. The van der Waals surface area contributed by atoms with Crippen LogP contribution in [0.4, 0.5) is 14.4 Å². The first-order valence-corrected chi connectivity index (χ1v) is 9.38. The summed E-state index contributed by atoms with van der Waals surface area (Å²) >= 11 is 0. The predicted octanol–water partition coefficient (Wildman–Crippen LogP) is 1.57. The molecule has 0 rings (SSSR count). The molecule has 0 heterocycles. The van der Waals surface area contributed by atoms with Crippen molar-refractivity contribution in [2.24, 2.45) is 0 Å². The number of carbonyl (C=O) groups excluding carboxylic acids is 3. The van der Waals surface area contributed by atoms with Crippen LogP contribution in [0.25, 0.3) is 0 Å². The summed E-state index contributed by atoms with van der Waals surface area (Å²) in [6, 6.07) is -0.473. The van der Waals surface area contributed by atoms with Gasteiger partial charge in [-0.2, -0.15) is 0 Å². The molecule has 0 saturated heterocycles. The van der Waals surface area contributed by atoms with E-state index in [9.17, 15) is 19.2 Å². The Balaban J connectivity index is 4.54. The van der Waals surface area contributed by atoms with Crippen LogP contribution in [0.15, 0.2) is 0 Å². The average molecular weight is 418 g/mol. The van der Waals surface area contributed by atoms with Gasteiger partial charge in [-0.05, 0) is 54.4 Å². The van der Waals surface area contributed by atoms with Crippen molar-refractivity contribution in [1.29, 1.82) is 0 Å². The third-order valence-corrected chi connectivity index (χ3v) is 3.06. The molecule has 0 bridgehead atoms. The smallest absolute Gasteiger partial charge is 0.407 e. The first-order chi connectivity index (χ1) is 13.2. The zero-order valence-corrected chi connectivity index (χ0v) is 18.0. The molecule has 4 amide bonds. The second-order valence-corrected chi connectivity index (χ2v) is 8.38. The number of hydrogen-bond donors (Lipinski definition) is 5. The number of hydrogen-bond acceptors (Lipinski definition) is 6. The van der Waals surface area contributed by atoms with Crippen LogP contribution in [0.5, 0.6) is 0 Å². The van der Waals surface area contributed by atoms with E-state index in [-0.39, 0.29) is 6.54 Å². The zero-order chi connectivity index (χ0) is 22.7. The second kappa shape index (κ2) is 12.0. The molecular formula is C18H34N4O7. The van der Waals surface area contributed by atoms with Gasteiger partial charge < -0.3 is 35.8 Å². The normalized spacial score (nSPS) is 12.3. The molecule has 0 aromatic carbocycles. The van der Waals surface area contributed by atoms with E-state index in [1.54, 1.807) is 41.5 Å². The fraction of sp³-hybridized carbons (Fsp3) is 0.778. The SMILES string of the molecule is CC(C)(C)OC(=O)NCCC[C@H](CNC(=O)CNC(=O)O)NC(=O)OC(C)(C)C. The monoisotopic (exact) mass is 418 g/mol. The molecule has 1 atom stereocenters. The Kier molecular flexibility index (Phi) is 10.9. The van der Waals surface area contributed by atoms with Gasteiger partial charge in [0.1, 0.15) is 11.2 Å². The maximum absolute atomic E-state index is 12.0. The Labute approximate surface area is 171 Å². The van der Waals surface area contributed by atoms with Crippen LogP contribution >= 0.6 is 0 Å². The lowest BCUT2D eigenvalue weighted by Gasteiger charge is -2.24. The van der Waals surface area contributed by atoms with Crippen molar-refractivity contribution in [3.8, 4) is 0 Å². The molecule has 168 valence electrons. The van der Waals surface area contributed by atoms with Crippen LogP contribution in [-0.4, -0.2) is 66.2 Å². The lowest BCUT2D eigenvalue weighted by Crippen LogP contribution is -2.47. The summed E-state index contributed by atoms with van der Waals surface area (Å²) in [5.74, 6) is -0.532. The van der Waals surface area contributed by atoms with Crippen molar-refractivity contribution in [2.45, 2.75) is 71.6 Å². The Morgan fingerprint density at radius 3 is 1.93 bits per heavy atom. The zero-order valence-electron chi connectivity index (χ0n) is 18.0. The van der Waals surface area contributed by atoms with Gasteiger partial charge in [0.2, 0.25) is 5.91 Å². The van der Waals surface area contributed by atoms with Gasteiger partial charge in [-0.25, -0.2) is 14.4 Å². The van der Waals surface area contributed by atoms with E-state index in [0.717, 1.165) is 0 Å². The molecule has 0 aliphatic carbocycles. The molecule has 29 heavy (non-hydrogen) atoms. The van der Waals surface area contributed by atoms with Gasteiger partial charge in [0.25, 0.3) is 0 Å². The highest BCUT2D eigenvalue weighted by Gasteiger charge is 2.20. The van der Waals surface area contributed by atoms with Crippen molar-refractivity contribution < 1.29 is 33.8 Å². The highest BCUT2D eigenvalue weighted by atomic mass is 16.6. The van der Waals surface area contributed by atoms with Crippen molar-refractivity contribution in [1.82, 2.24) is 21.3 Å². The summed E-state index contributed by atoms with van der Waals surface area (Å²) in [6.07, 6.45) is -1.55. The molecule has 0 unspecified atom stereocenters. The molecule has 0 radical (unpaired) electrons. The molecule has 0 aromatic heterocycles. The number of ether oxygens (including phenoxy) is 2. The molecule has 0 aliphatic heterocycles. The second-order valence-electron chi connectivity index (χ2n) is 8.38. The van der Waals surface area contributed by atoms with Crippen LogP contribution in [-0.2, 0) is 14.3 Å². The van der Waals surface area contributed by atoms with E-state index in [2.05, 4.69) is 16.0 Å². The van der Waals surface area contributed by atoms with E-state index < -0.39 is 48.0 Å². The van der Waals surface area contributed by atoms with Gasteiger partial charge in [-0.15, -0.1) is 0 Å². The standard InChI is InChI=1S/C18H34N4O7/c1-17(2,3)28-15(26)19-9-7-8-12(22-16(27)29-18(4,5)6)10-20-13(23)11-21-14(24)25/h12,21H,7-11H2,1-6H3,(H,19,26)(H,20,23)(H,22,27)(H,24,25)/t12-/m1/s1. The summed E-state index contributed by atoms with van der Waals surface area (Å²) in [6.45, 7) is 10.5. The first kappa shape index (κ1) is 26.3. The number of amides is 4. The Morgan fingerprint density at radius 1 is 0.862 bits per heavy atom. The highest BCUT2D eigenvalue weighted by molar-refractivity contribution is 5.81. The number of carbonyl (C=O) groups is 4. The lowest BCUT2D eigenvalue weighted by molar-refractivity contribution is -0.120. The third-order valence-electron chi connectivity index (χ3n) is 3.06. The minimum absolute atomic E-state index is 0.0752. The predicted molar refractivity (Wildman–Crippen MR) is 106 cm³/mol. The van der Waals surface area contributed by atoms with Gasteiger partial charge in [-0.1, -0.05) is 0 Å². The molecule has 0 aliphatic rings. The number of rotatable bonds is 9. The van der Waals surface area contributed by atoms with E-state index in [4.69, 9.17) is 14.6 Å². The number of carboxylic acid groups (broad SMARTS) is 1. The van der Waals surface area contributed by atoms with Gasteiger partial charge in [0.15, 0.2) is 0 Å². The molecule has 11 heteroatoms. The van der Waals surface area contributed by atoms with E-state index in [0.29, 0.717) is 19.4 Å². The van der Waals surface area contributed by atoms with Gasteiger partial charge in [-0.3, -0.25) is 4.79 Å². The highest BCUT2D eigenvalue weighted by Crippen LogP contribution is 2.08. The molecule has 5 N–H and O–H groups in total. The minimum Gasteiger partial charge on any atom is -0.465 e. The summed E-state index contributed by atoms with van der Waals surface area (Å²) in [5.41, 5.74) is -1.28. The summed E-state index contributed by atoms with van der Waals surface area (Å²) in [4.78, 5) is 45.7. The van der Waals surface area contributed by atoms with Crippen molar-refractivity contribution in [3.63, 3.8) is 0 Å². The van der Waals surface area contributed by atoms with E-state index in [1.807, 2.05) is 5.32 Å². The molecule has 0 spiro atoms. The Hall–Kier alpha value is -2.72. The van der Waals surface area contributed by atoms with Crippen molar-refractivity contribution >= 4 is 24.2 Å². The van der Waals surface area contributed by atoms with Crippen LogP contribution in [0.2, 0.25) is 0 Å². The lowest BCUT2D eigenvalue weighted by atomic mass is 10.1. The summed E-state index contributed by atoms with van der Waals surface area (Å²) < 4.78 is 10.3. The molecule has 11 nitrogen and oxygen atoms in total. The Morgan fingerprint density at radius 2 is 1.41 bits per heavy atom. The van der Waals surface area contributed by atoms with Crippen molar-refractivity contribution in [3.05, 3.63) is 0 Å². The van der Waals surface area contributed by atoms with Gasteiger partial charge in [0.05, 0.1) is 6.54 Å². The molecule has 0 saturated carbocycles. The number of alkyl carbamates (subject to hydrolysis) is 2. The van der Waals surface area contributed by atoms with Crippen LogP contribution < -0.4 is 21.3 Å². The fourth-order valence-corrected chi connectivity index (χ4v) is 2.01. The third kappa shape index (κ3) is 17.1. The average Bonchev–Trinajstić information content (AvgIpc) is 2.50. The summed E-state index contributed by atoms with van der Waals surface area (Å²) in [7, 11) is 0. The van der Waals surface area contributed by atoms with Gasteiger partial charge >= 0.3 is 18.3 Å². The minimum atomic E-state index is -1.31. The molecule has 0 fully saturated rings. The van der Waals surface area contributed by atoms with E-state index >= 15 is 0 Å². The van der Waals surface area contributed by atoms with Crippen LogP contribution in [0, 0.1) is 0 Å². The van der Waals surface area contributed by atoms with Crippen molar-refractivity contribution in [2.75, 3.05) is 19.6 Å². The van der Waals surface area contributed by atoms with Crippen LogP contribution in [0.1, 0.15) is 54.4 Å². The maximum Gasteiger partial charge on any atom is 0.407 e.